The highest BCUT2D eigenvalue weighted by molar-refractivity contribution is 7.89. The Labute approximate surface area is 269 Å². The van der Waals surface area contributed by atoms with Gasteiger partial charge >= 0.3 is 6.18 Å². The number of hydrogen-bond donors (Lipinski definition) is 2. The molecule has 1 saturated heterocycles. The van der Waals surface area contributed by atoms with Crippen LogP contribution in [0.2, 0.25) is 0 Å². The van der Waals surface area contributed by atoms with Crippen molar-refractivity contribution in [1.29, 1.82) is 0 Å². The molecule has 1 aliphatic heterocycles. The Morgan fingerprint density at radius 3 is 2.46 bits per heavy atom. The van der Waals surface area contributed by atoms with Crippen LogP contribution < -0.4 is 10.6 Å². The Balaban J connectivity index is 1.32. The van der Waals surface area contributed by atoms with E-state index in [1.54, 1.807) is 0 Å². The van der Waals surface area contributed by atoms with Crippen LogP contribution in [0.1, 0.15) is 80.3 Å². The Bertz CT molecular complexity index is 1620. The molecule has 0 saturated carbocycles. The van der Waals surface area contributed by atoms with Gasteiger partial charge in [0.1, 0.15) is 0 Å². The topological polar surface area (TPSA) is 87.7 Å². The summed E-state index contributed by atoms with van der Waals surface area (Å²) < 4.78 is 75.2. The summed E-state index contributed by atoms with van der Waals surface area (Å²) >= 11 is 0. The van der Waals surface area contributed by atoms with Crippen molar-refractivity contribution in [2.45, 2.75) is 101 Å². The molecule has 46 heavy (non-hydrogen) atoms. The molecule has 3 atom stereocenters. The van der Waals surface area contributed by atoms with Crippen LogP contribution in [-0.4, -0.2) is 42.9 Å². The number of aryl methyl sites for hydroxylation is 1. The lowest BCUT2D eigenvalue weighted by atomic mass is 9.86. The second kappa shape index (κ2) is 13.9. The zero-order valence-electron chi connectivity index (χ0n) is 26.4. The Hall–Kier alpha value is -3.25. The van der Waals surface area contributed by atoms with Gasteiger partial charge in [0.05, 0.1) is 29.2 Å². The first-order chi connectivity index (χ1) is 21.7. The van der Waals surface area contributed by atoms with Crippen LogP contribution in [0, 0.1) is 0 Å². The lowest BCUT2D eigenvalue weighted by Gasteiger charge is -2.29. The fraction of sp³-hybridized carbons (Fsp3) is 0.457. The van der Waals surface area contributed by atoms with Gasteiger partial charge in [-0.25, -0.2) is 8.42 Å². The summed E-state index contributed by atoms with van der Waals surface area (Å²) in [5, 5.41) is 6.63. The number of rotatable bonds is 10. The third-order valence-electron chi connectivity index (χ3n) is 8.52. The molecule has 0 radical (unpaired) electrons. The predicted molar refractivity (Wildman–Crippen MR) is 170 cm³/mol. The normalized spacial score (nSPS) is 20.8. The molecule has 3 aromatic rings. The number of fused-ring (bicyclic) bond motifs is 1. The number of alkyl halides is 3. The lowest BCUT2D eigenvalue weighted by Crippen LogP contribution is -2.40. The molecular formula is C35H42F3N3O4S. The number of ether oxygens (including phenoxy) is 1. The van der Waals surface area contributed by atoms with Gasteiger partial charge in [0.25, 0.3) is 0 Å². The van der Waals surface area contributed by atoms with Gasteiger partial charge in [-0.2, -0.15) is 17.5 Å². The number of nitrogens with zero attached hydrogens (tertiary/aromatic N) is 1. The Morgan fingerprint density at radius 1 is 0.978 bits per heavy atom. The average Bonchev–Trinajstić information content (AvgIpc) is 3.42. The van der Waals surface area contributed by atoms with E-state index in [9.17, 15) is 26.4 Å². The van der Waals surface area contributed by atoms with Crippen molar-refractivity contribution < 1.29 is 31.1 Å². The van der Waals surface area contributed by atoms with Crippen LogP contribution in [-0.2, 0) is 45.3 Å². The van der Waals surface area contributed by atoms with Crippen LogP contribution in [0.5, 0.6) is 0 Å². The summed E-state index contributed by atoms with van der Waals surface area (Å²) in [4.78, 5) is 13.0. The molecule has 1 aliphatic carbocycles. The van der Waals surface area contributed by atoms with Crippen LogP contribution in [0.15, 0.2) is 77.7 Å². The molecule has 5 rings (SSSR count). The maximum absolute atomic E-state index is 13.8. The third-order valence-corrected chi connectivity index (χ3v) is 10.4. The highest BCUT2D eigenvalue weighted by Gasteiger charge is 2.43. The molecular weight excluding hydrogens is 615 g/mol. The summed E-state index contributed by atoms with van der Waals surface area (Å²) in [5.74, 6) is -0.311. The largest absolute Gasteiger partial charge is 0.416 e. The van der Waals surface area contributed by atoms with Gasteiger partial charge in [0, 0.05) is 31.1 Å². The molecule has 0 aromatic heterocycles. The predicted octanol–water partition coefficient (Wildman–Crippen LogP) is 6.53. The van der Waals surface area contributed by atoms with E-state index in [0.717, 1.165) is 59.4 Å². The zero-order chi connectivity index (χ0) is 33.1. The third kappa shape index (κ3) is 8.56. The number of carbonyl (C=O) groups excluding carboxylic acids is 1. The molecule has 11 heteroatoms. The Morgan fingerprint density at radius 2 is 1.74 bits per heavy atom. The minimum atomic E-state index is -4.70. The van der Waals surface area contributed by atoms with E-state index in [4.69, 9.17) is 4.74 Å². The molecule has 1 heterocycles. The van der Waals surface area contributed by atoms with Crippen LogP contribution in [0.25, 0.3) is 0 Å². The molecule has 1 amide bonds. The summed E-state index contributed by atoms with van der Waals surface area (Å²) in [5.41, 5.74) is 3.26. The minimum Gasteiger partial charge on any atom is -0.372 e. The summed E-state index contributed by atoms with van der Waals surface area (Å²) in [6.45, 7) is 7.26. The smallest absolute Gasteiger partial charge is 0.372 e. The first kappa shape index (κ1) is 34.1. The standard InChI is InChI=1S/C35H42F3N3O4S/c1-34(2,3)39-21-25-15-16-31-26(17-25)11-7-14-32(31)40-33(42)20-28-19-29(45-23-24-9-5-4-6-10-24)22-41(28)46(43,44)30-13-8-12-27(18-30)35(36,37)38/h4-6,8-10,12-13,15-18,28-29,32,39H,7,11,14,19-23H2,1-3H3,(H,40,42)/t28-,29+,32+/m0/s1. The molecule has 3 aromatic carbocycles. The molecule has 1 fully saturated rings. The van der Waals surface area contributed by atoms with E-state index >= 15 is 0 Å². The monoisotopic (exact) mass is 657 g/mol. The van der Waals surface area contributed by atoms with Gasteiger partial charge in [0.15, 0.2) is 0 Å². The number of sulfonamides is 1. The molecule has 2 aliphatic rings. The van der Waals surface area contributed by atoms with Crippen molar-refractivity contribution >= 4 is 15.9 Å². The maximum Gasteiger partial charge on any atom is 0.416 e. The Kier molecular flexibility index (Phi) is 10.3. The number of nitrogens with one attached hydrogen (secondary N) is 2. The van der Waals surface area contributed by atoms with E-state index in [0.29, 0.717) is 6.07 Å². The number of hydrogen-bond acceptors (Lipinski definition) is 5. The van der Waals surface area contributed by atoms with Crippen LogP contribution >= 0.6 is 0 Å². The van der Waals surface area contributed by atoms with Crippen molar-refractivity contribution in [3.05, 3.63) is 101 Å². The first-order valence-corrected chi connectivity index (χ1v) is 17.1. The van der Waals surface area contributed by atoms with Crippen molar-refractivity contribution in [2.24, 2.45) is 0 Å². The molecule has 7 nitrogen and oxygen atoms in total. The van der Waals surface area contributed by atoms with Gasteiger partial charge in [-0.3, -0.25) is 4.79 Å². The second-order valence-electron chi connectivity index (χ2n) is 13.3. The summed E-state index contributed by atoms with van der Waals surface area (Å²) in [6, 6.07) is 18.5. The van der Waals surface area contributed by atoms with E-state index in [1.807, 2.05) is 30.3 Å². The SMILES string of the molecule is CC(C)(C)NCc1ccc2c(c1)CCC[C@H]2NC(=O)C[C@@H]1C[C@@H](OCc2ccccc2)CN1S(=O)(=O)c1cccc(C(F)(F)F)c1. The van der Waals surface area contributed by atoms with Gasteiger partial charge in [-0.15, -0.1) is 0 Å². The van der Waals surface area contributed by atoms with Gasteiger partial charge in [-0.1, -0.05) is 54.6 Å². The lowest BCUT2D eigenvalue weighted by molar-refractivity contribution is -0.137. The van der Waals surface area contributed by atoms with E-state index in [1.165, 1.54) is 11.1 Å². The second-order valence-corrected chi connectivity index (χ2v) is 15.2. The van der Waals surface area contributed by atoms with E-state index in [2.05, 4.69) is 49.6 Å². The highest BCUT2D eigenvalue weighted by Crippen LogP contribution is 2.35. The minimum absolute atomic E-state index is 0.0132. The van der Waals surface area contributed by atoms with E-state index < -0.39 is 38.8 Å². The number of benzene rings is 3. The fourth-order valence-corrected chi connectivity index (χ4v) is 7.88. The van der Waals surface area contributed by atoms with Crippen molar-refractivity contribution in [3.8, 4) is 0 Å². The first-order valence-electron chi connectivity index (χ1n) is 15.7. The summed E-state index contributed by atoms with van der Waals surface area (Å²) in [6.07, 6.45) is -2.55. The average molecular weight is 658 g/mol. The maximum atomic E-state index is 13.8. The van der Waals surface area contributed by atoms with Gasteiger partial charge < -0.3 is 15.4 Å². The number of amides is 1. The van der Waals surface area contributed by atoms with Crippen LogP contribution in [0.4, 0.5) is 13.2 Å². The number of halogens is 3. The number of carbonyl (C=O) groups is 1. The summed E-state index contributed by atoms with van der Waals surface area (Å²) in [7, 11) is -4.37. The van der Waals surface area contributed by atoms with Gasteiger partial charge in [0.2, 0.25) is 15.9 Å². The van der Waals surface area contributed by atoms with Crippen LogP contribution in [0.3, 0.4) is 0 Å². The molecule has 0 bridgehead atoms. The van der Waals surface area contributed by atoms with Crippen molar-refractivity contribution in [3.63, 3.8) is 0 Å². The van der Waals surface area contributed by atoms with E-state index in [-0.39, 0.29) is 43.5 Å². The van der Waals surface area contributed by atoms with Gasteiger partial charge in [-0.05, 0) is 86.9 Å². The molecule has 2 N–H and O–H groups in total. The zero-order valence-corrected chi connectivity index (χ0v) is 27.3. The molecule has 248 valence electrons. The quantitative estimate of drug-likeness (QED) is 0.259. The van der Waals surface area contributed by atoms with Crippen molar-refractivity contribution in [2.75, 3.05) is 6.54 Å². The fourth-order valence-electron chi connectivity index (χ4n) is 6.16. The molecule has 0 spiro atoms. The highest BCUT2D eigenvalue weighted by atomic mass is 32.2. The molecule has 0 unspecified atom stereocenters. The van der Waals surface area contributed by atoms with Crippen molar-refractivity contribution in [1.82, 2.24) is 14.9 Å².